The second kappa shape index (κ2) is 20.5. The zero-order valence-corrected chi connectivity index (χ0v) is 35.6. The predicted molar refractivity (Wildman–Crippen MR) is 238 cm³/mol. The molecule has 0 aromatic heterocycles. The summed E-state index contributed by atoms with van der Waals surface area (Å²) in [4.78, 5) is 88.6. The quantitative estimate of drug-likeness (QED) is 0.0691. The van der Waals surface area contributed by atoms with E-state index >= 15 is 0 Å². The van der Waals surface area contributed by atoms with Gasteiger partial charge in [-0.15, -0.1) is 0 Å². The van der Waals surface area contributed by atoms with Crippen LogP contribution in [0.25, 0.3) is 22.3 Å². The third kappa shape index (κ3) is 11.0. The molecule has 6 rings (SSSR count). The van der Waals surface area contributed by atoms with Gasteiger partial charge in [-0.3, -0.25) is 33.8 Å². The Bertz CT molecular complexity index is 2410. The monoisotopic (exact) mass is 858 g/mol. The van der Waals surface area contributed by atoms with Crippen molar-refractivity contribution < 1.29 is 39.0 Å². The van der Waals surface area contributed by atoms with Crippen LogP contribution in [0.1, 0.15) is 85.8 Å². The smallest absolute Gasteiger partial charge is 0.226 e. The van der Waals surface area contributed by atoms with Crippen LogP contribution in [-0.2, 0) is 30.4 Å². The second-order valence-electron chi connectivity index (χ2n) is 16.1. The number of halogens is 1. The lowest BCUT2D eigenvalue weighted by molar-refractivity contribution is -0.142. The van der Waals surface area contributed by atoms with Crippen LogP contribution < -0.4 is 11.1 Å². The first-order chi connectivity index (χ1) is 29.7. The van der Waals surface area contributed by atoms with Gasteiger partial charge in [0.2, 0.25) is 11.8 Å². The number of ketones is 4. The minimum Gasteiger partial charge on any atom is -0.507 e. The average Bonchev–Trinajstić information content (AvgIpc) is 3.81. The van der Waals surface area contributed by atoms with Gasteiger partial charge in [0.1, 0.15) is 17.5 Å². The highest BCUT2D eigenvalue weighted by Crippen LogP contribution is 2.40. The summed E-state index contributed by atoms with van der Waals surface area (Å²) >= 11 is 6.06. The van der Waals surface area contributed by atoms with Gasteiger partial charge in [0, 0.05) is 78.9 Å². The number of Topliss-reactive ketones (excluding diaryl/α,β-unsaturated/α-hetero) is 4. The van der Waals surface area contributed by atoms with E-state index in [0.29, 0.717) is 59.7 Å². The molecule has 0 aliphatic carbocycles. The molecule has 4 aromatic rings. The fourth-order valence-electron chi connectivity index (χ4n) is 7.99. The minimum atomic E-state index is -1.27. The Balaban J connectivity index is 1.30. The van der Waals surface area contributed by atoms with Crippen molar-refractivity contribution >= 4 is 52.3 Å². The summed E-state index contributed by atoms with van der Waals surface area (Å²) in [5.41, 5.74) is 9.63. The first kappa shape index (κ1) is 45.3. The normalized spacial score (nSPS) is 18.0. The Hall–Kier alpha value is -6.24. The highest BCUT2D eigenvalue weighted by molar-refractivity contribution is 6.41. The molecule has 62 heavy (non-hydrogen) atoms. The summed E-state index contributed by atoms with van der Waals surface area (Å²) in [6.07, 6.45) is 4.44. The number of nitrogens with one attached hydrogen (secondary N) is 1. The Morgan fingerprint density at radius 3 is 2.18 bits per heavy atom. The number of hydrogen-bond donors (Lipinski definition) is 4. The van der Waals surface area contributed by atoms with E-state index in [9.17, 15) is 39.0 Å². The van der Waals surface area contributed by atoms with Crippen LogP contribution >= 0.6 is 11.6 Å². The minimum absolute atomic E-state index is 0.00624. The van der Waals surface area contributed by atoms with Crippen LogP contribution in [0, 0.1) is 11.8 Å². The van der Waals surface area contributed by atoms with Crippen molar-refractivity contribution in [3.05, 3.63) is 119 Å². The number of rotatable bonds is 15. The number of carbonyl (C=O) groups excluding carboxylic acids is 6. The summed E-state index contributed by atoms with van der Waals surface area (Å²) in [5, 5.41) is 25.7. The van der Waals surface area contributed by atoms with Gasteiger partial charge in [-0.2, -0.15) is 0 Å². The molecule has 2 aliphatic heterocycles. The Labute approximate surface area is 365 Å². The molecule has 13 heteroatoms. The van der Waals surface area contributed by atoms with Crippen molar-refractivity contribution in [1.29, 1.82) is 0 Å². The van der Waals surface area contributed by atoms with E-state index < -0.39 is 47.3 Å². The van der Waals surface area contributed by atoms with Crippen molar-refractivity contribution in [1.82, 2.24) is 10.2 Å². The van der Waals surface area contributed by atoms with Gasteiger partial charge < -0.3 is 26.2 Å². The third-order valence-electron chi connectivity index (χ3n) is 11.6. The molecular weight excluding hydrogens is 808 g/mol. The summed E-state index contributed by atoms with van der Waals surface area (Å²) in [6.45, 7) is 1.95. The molecule has 5 N–H and O–H groups in total. The van der Waals surface area contributed by atoms with Crippen molar-refractivity contribution in [2.24, 2.45) is 22.6 Å². The summed E-state index contributed by atoms with van der Waals surface area (Å²) in [5.74, 6) is -4.65. The maximum absolute atomic E-state index is 14.6. The van der Waals surface area contributed by atoms with Gasteiger partial charge >= 0.3 is 0 Å². The Morgan fingerprint density at radius 1 is 0.855 bits per heavy atom. The predicted octanol–water partition coefficient (Wildman–Crippen LogP) is 7.52. The highest BCUT2D eigenvalue weighted by Gasteiger charge is 2.36. The topological polar surface area (TPSA) is 197 Å². The number of benzene rings is 4. The molecule has 12 nitrogen and oxygen atoms in total. The third-order valence-corrected chi connectivity index (χ3v) is 11.8. The largest absolute Gasteiger partial charge is 0.507 e. The first-order valence-corrected chi connectivity index (χ1v) is 21.2. The lowest BCUT2D eigenvalue weighted by atomic mass is 9.87. The van der Waals surface area contributed by atoms with Crippen LogP contribution in [0.4, 0.5) is 0 Å². The number of likely N-dealkylation sites (N-methyl/N-ethyl adjacent to an activating group) is 1. The van der Waals surface area contributed by atoms with E-state index in [1.807, 2.05) is 24.3 Å². The average molecular weight is 859 g/mol. The van der Waals surface area contributed by atoms with Crippen LogP contribution in [0.3, 0.4) is 0 Å². The van der Waals surface area contributed by atoms with Gasteiger partial charge in [0.25, 0.3) is 0 Å². The van der Waals surface area contributed by atoms with E-state index in [-0.39, 0.29) is 66.3 Å². The molecule has 0 fully saturated rings. The fraction of sp³-hybridized carbons (Fsp3) is 0.327. The van der Waals surface area contributed by atoms with Gasteiger partial charge in [0.05, 0.1) is 11.8 Å². The van der Waals surface area contributed by atoms with E-state index in [2.05, 4.69) is 10.3 Å². The molecule has 0 unspecified atom stereocenters. The number of allylic oxidation sites excluding steroid dienone is 1. The van der Waals surface area contributed by atoms with Crippen molar-refractivity contribution in [3.63, 3.8) is 0 Å². The summed E-state index contributed by atoms with van der Waals surface area (Å²) < 4.78 is 0. The molecule has 2 heterocycles. The molecule has 0 radical (unpaired) electrons. The second-order valence-corrected chi connectivity index (χ2v) is 16.5. The molecule has 322 valence electrons. The van der Waals surface area contributed by atoms with E-state index in [0.717, 1.165) is 11.1 Å². The molecule has 0 spiro atoms. The molecule has 2 aliphatic rings. The molecule has 2 amide bonds. The number of aromatic hydroxyl groups is 2. The van der Waals surface area contributed by atoms with Gasteiger partial charge in [0.15, 0.2) is 23.1 Å². The van der Waals surface area contributed by atoms with Crippen LogP contribution in [0.5, 0.6) is 11.5 Å². The zero-order valence-electron chi connectivity index (χ0n) is 34.8. The Kier molecular flexibility index (Phi) is 15.0. The number of carbonyl (C=O) groups is 6. The van der Waals surface area contributed by atoms with Gasteiger partial charge in [-0.25, -0.2) is 0 Å². The Morgan fingerprint density at radius 2 is 1.52 bits per heavy atom. The van der Waals surface area contributed by atoms with Crippen LogP contribution in [0.15, 0.2) is 102 Å². The number of fused-ring (bicyclic) bond motifs is 5. The number of phenols is 2. The highest BCUT2D eigenvalue weighted by atomic mass is 35.5. The lowest BCUT2D eigenvalue weighted by Crippen LogP contribution is -2.46. The zero-order chi connectivity index (χ0) is 44.5. The van der Waals surface area contributed by atoms with Crippen LogP contribution in [-0.4, -0.2) is 75.4 Å². The van der Waals surface area contributed by atoms with Gasteiger partial charge in [-0.1, -0.05) is 79.6 Å². The van der Waals surface area contributed by atoms with Crippen molar-refractivity contribution in [2.75, 3.05) is 13.6 Å². The number of phenolic OH excluding ortho intramolecular Hbond substituents is 2. The van der Waals surface area contributed by atoms with E-state index in [1.54, 1.807) is 49.4 Å². The molecule has 4 bridgehead atoms. The fourth-order valence-corrected chi connectivity index (χ4v) is 8.11. The van der Waals surface area contributed by atoms with Gasteiger partial charge in [-0.05, 0) is 84.5 Å². The summed E-state index contributed by atoms with van der Waals surface area (Å²) in [6, 6.07) is 21.1. The number of nitrogens with zero attached hydrogens (tertiary/aromatic N) is 2. The number of unbranched alkanes of at least 4 members (excludes halogenated alkanes) is 1. The number of amides is 2. The molecule has 4 aromatic carbocycles. The van der Waals surface area contributed by atoms with E-state index in [1.165, 1.54) is 42.4 Å². The number of aliphatic imine (C=N–C) groups is 1. The lowest BCUT2D eigenvalue weighted by Gasteiger charge is -2.32. The first-order valence-electron chi connectivity index (χ1n) is 20.9. The van der Waals surface area contributed by atoms with Crippen molar-refractivity contribution in [2.45, 2.75) is 76.8 Å². The molecule has 0 saturated heterocycles. The molecule has 4 atom stereocenters. The molecular formula is C49H51ClN4O8. The summed E-state index contributed by atoms with van der Waals surface area (Å²) in [7, 11) is 1.48. The standard InChI is InChI=1S/C49H51ClN4O8/c1-29-24-46(60)47(54(2)49(62)35(6-3-4-22-51)28-45(59)33-11-9-31(10-12-33)32-13-16-36(50)17-14-32)34-15-19-42(56)38(27-34)37-25-30(8-18-41(37)55)26-40(53-48(29)61)44(58)21-20-43(57)39-7-5-23-52-39/h5,8-19,23,25,27,29,35,40,47,55-56H,3-4,6-7,20-22,24,26,28,51H2,1-2H3,(H,53,61)/t29-,35-,40+,47+/m1/s1. The number of nitrogens with two attached hydrogens (primary N) is 1. The molecule has 0 saturated carbocycles. The maximum Gasteiger partial charge on any atom is 0.226 e. The maximum atomic E-state index is 14.6. The SMILES string of the molecule is C[C@@H]1CC(=O)[C@@H](N(C)C(=O)[C@H](CCCCN)CC(=O)c2ccc(-c3ccc(Cl)cc3)cc2)c2ccc(O)c(c2)-c2cc(ccc2O)C[C@@H](C(=O)CCC(=O)C2=NC=CC2)NC1=O. The number of hydrogen-bond acceptors (Lipinski definition) is 10. The van der Waals surface area contributed by atoms with Crippen molar-refractivity contribution in [3.8, 4) is 33.8 Å². The van der Waals surface area contributed by atoms with Crippen LogP contribution in [0.2, 0.25) is 5.02 Å². The van der Waals surface area contributed by atoms with E-state index in [4.69, 9.17) is 17.3 Å².